The lowest BCUT2D eigenvalue weighted by Crippen LogP contribution is -2.14. The lowest BCUT2D eigenvalue weighted by molar-refractivity contribution is 0.0993. The van der Waals surface area contributed by atoms with Gasteiger partial charge in [-0.2, -0.15) is 0 Å². The first-order valence-electron chi connectivity index (χ1n) is 9.81. The van der Waals surface area contributed by atoms with E-state index in [0.717, 1.165) is 0 Å². The molecule has 0 aliphatic rings. The van der Waals surface area contributed by atoms with Gasteiger partial charge in [-0.1, -0.05) is 24.3 Å². The average molecular weight is 425 g/mol. The van der Waals surface area contributed by atoms with Crippen molar-refractivity contribution < 1.29 is 18.8 Å². The van der Waals surface area contributed by atoms with Crippen molar-refractivity contribution in [3.8, 4) is 0 Å². The molecule has 0 radical (unpaired) electrons. The first-order chi connectivity index (χ1) is 15.6. The Balaban J connectivity index is 1.37. The third-order valence-electron chi connectivity index (χ3n) is 4.56. The van der Waals surface area contributed by atoms with E-state index in [4.69, 9.17) is 4.42 Å². The molecule has 0 bridgehead atoms. The highest BCUT2D eigenvalue weighted by Gasteiger charge is 2.11. The Bertz CT molecular complexity index is 1230. The van der Waals surface area contributed by atoms with E-state index in [1.165, 1.54) is 6.26 Å². The fraction of sp³-hybridized carbons (Fsp3) is 0. The lowest BCUT2D eigenvalue weighted by Gasteiger charge is -2.09. The molecule has 0 saturated heterocycles. The molecule has 0 unspecified atom stereocenters. The van der Waals surface area contributed by atoms with E-state index in [9.17, 15) is 14.4 Å². The van der Waals surface area contributed by atoms with Gasteiger partial charge in [-0.05, 0) is 66.7 Å². The van der Waals surface area contributed by atoms with Crippen molar-refractivity contribution in [2.45, 2.75) is 0 Å². The fourth-order valence-corrected chi connectivity index (χ4v) is 2.98. The molecular weight excluding hydrogens is 406 g/mol. The van der Waals surface area contributed by atoms with Gasteiger partial charge in [0.25, 0.3) is 17.7 Å². The molecule has 0 aliphatic carbocycles. The number of carbonyl (C=O) groups excluding carboxylic acids is 3. The zero-order valence-corrected chi connectivity index (χ0v) is 16.9. The van der Waals surface area contributed by atoms with Gasteiger partial charge in [0.15, 0.2) is 5.76 Å². The first-order valence-corrected chi connectivity index (χ1v) is 9.81. The SMILES string of the molecule is O=C(Nc1ccc(C(=O)Nc2cccc(NC(=O)c3ccco3)c2)cc1)c1ccccc1. The molecule has 4 aromatic rings. The van der Waals surface area contributed by atoms with Gasteiger partial charge in [0.2, 0.25) is 0 Å². The Kier molecular flexibility index (Phi) is 6.08. The summed E-state index contributed by atoms with van der Waals surface area (Å²) < 4.78 is 5.07. The number of benzene rings is 3. The number of anilines is 3. The molecule has 158 valence electrons. The minimum absolute atomic E-state index is 0.193. The summed E-state index contributed by atoms with van der Waals surface area (Å²) in [6.07, 6.45) is 1.42. The second kappa shape index (κ2) is 9.44. The molecular formula is C25H19N3O4. The summed E-state index contributed by atoms with van der Waals surface area (Å²) in [6.45, 7) is 0. The van der Waals surface area contributed by atoms with Crippen LogP contribution in [-0.2, 0) is 0 Å². The summed E-state index contributed by atoms with van der Waals surface area (Å²) in [6, 6.07) is 25.4. The summed E-state index contributed by atoms with van der Waals surface area (Å²) in [7, 11) is 0. The Morgan fingerprint density at radius 1 is 0.531 bits per heavy atom. The molecule has 7 nitrogen and oxygen atoms in total. The first kappa shape index (κ1) is 20.6. The van der Waals surface area contributed by atoms with Gasteiger partial charge in [0.1, 0.15) is 0 Å². The van der Waals surface area contributed by atoms with Crippen LogP contribution in [0, 0.1) is 0 Å². The number of hydrogen-bond acceptors (Lipinski definition) is 4. The topological polar surface area (TPSA) is 100 Å². The van der Waals surface area contributed by atoms with Crippen molar-refractivity contribution in [3.63, 3.8) is 0 Å². The minimum Gasteiger partial charge on any atom is -0.459 e. The number of furan rings is 1. The quantitative estimate of drug-likeness (QED) is 0.403. The van der Waals surface area contributed by atoms with Crippen LogP contribution in [0.5, 0.6) is 0 Å². The highest BCUT2D eigenvalue weighted by molar-refractivity contribution is 6.07. The van der Waals surface area contributed by atoms with E-state index in [1.54, 1.807) is 84.9 Å². The predicted molar refractivity (Wildman–Crippen MR) is 122 cm³/mol. The summed E-state index contributed by atoms with van der Waals surface area (Å²) in [5.74, 6) is -0.734. The van der Waals surface area contributed by atoms with E-state index < -0.39 is 0 Å². The van der Waals surface area contributed by atoms with E-state index in [1.807, 2.05) is 6.07 Å². The van der Waals surface area contributed by atoms with Gasteiger partial charge < -0.3 is 20.4 Å². The molecule has 0 fully saturated rings. The van der Waals surface area contributed by atoms with Crippen molar-refractivity contribution in [1.82, 2.24) is 0 Å². The maximum Gasteiger partial charge on any atom is 0.291 e. The molecule has 1 aromatic heterocycles. The van der Waals surface area contributed by atoms with Crippen LogP contribution < -0.4 is 16.0 Å². The molecule has 3 N–H and O–H groups in total. The standard InChI is InChI=1S/C25H19N3O4/c29-23(17-6-2-1-3-7-17)26-19-13-11-18(12-14-19)24(30)27-20-8-4-9-21(16-20)28-25(31)22-10-5-15-32-22/h1-16H,(H,26,29)(H,27,30)(H,28,31). The third-order valence-corrected chi connectivity index (χ3v) is 4.56. The minimum atomic E-state index is -0.383. The van der Waals surface area contributed by atoms with Crippen LogP contribution in [0.3, 0.4) is 0 Å². The second-order valence-corrected chi connectivity index (χ2v) is 6.86. The number of amides is 3. The number of carbonyl (C=O) groups is 3. The normalized spacial score (nSPS) is 10.2. The molecule has 1 heterocycles. The Morgan fingerprint density at radius 3 is 1.75 bits per heavy atom. The zero-order chi connectivity index (χ0) is 22.3. The summed E-state index contributed by atoms with van der Waals surface area (Å²) >= 11 is 0. The number of rotatable bonds is 6. The molecule has 3 amide bonds. The second-order valence-electron chi connectivity index (χ2n) is 6.86. The van der Waals surface area contributed by atoms with Crippen LogP contribution in [0.2, 0.25) is 0 Å². The molecule has 0 aliphatic heterocycles. The van der Waals surface area contributed by atoms with Gasteiger partial charge in [-0.3, -0.25) is 14.4 Å². The van der Waals surface area contributed by atoms with E-state index >= 15 is 0 Å². The van der Waals surface area contributed by atoms with Crippen LogP contribution in [0.1, 0.15) is 31.3 Å². The van der Waals surface area contributed by atoms with Crippen LogP contribution in [0.25, 0.3) is 0 Å². The van der Waals surface area contributed by atoms with Crippen molar-refractivity contribution >= 4 is 34.8 Å². The van der Waals surface area contributed by atoms with Gasteiger partial charge in [0, 0.05) is 28.2 Å². The summed E-state index contributed by atoms with van der Waals surface area (Å²) in [4.78, 5) is 36.9. The van der Waals surface area contributed by atoms with Crippen LogP contribution in [-0.4, -0.2) is 17.7 Å². The van der Waals surface area contributed by atoms with Crippen LogP contribution in [0.4, 0.5) is 17.1 Å². The van der Waals surface area contributed by atoms with Crippen molar-refractivity contribution in [2.75, 3.05) is 16.0 Å². The molecule has 0 atom stereocenters. The Labute approximate surface area is 184 Å². The smallest absolute Gasteiger partial charge is 0.291 e. The van der Waals surface area contributed by atoms with Gasteiger partial charge in [0.05, 0.1) is 6.26 Å². The van der Waals surface area contributed by atoms with Crippen molar-refractivity contribution in [1.29, 1.82) is 0 Å². The Morgan fingerprint density at radius 2 is 1.12 bits per heavy atom. The maximum atomic E-state index is 12.6. The summed E-state index contributed by atoms with van der Waals surface area (Å²) in [5, 5.41) is 8.30. The van der Waals surface area contributed by atoms with Crippen molar-refractivity contribution in [2.24, 2.45) is 0 Å². The third kappa shape index (κ3) is 5.09. The number of hydrogen-bond donors (Lipinski definition) is 3. The summed E-state index contributed by atoms with van der Waals surface area (Å²) in [5.41, 5.74) is 2.59. The molecule has 4 rings (SSSR count). The largest absolute Gasteiger partial charge is 0.459 e. The van der Waals surface area contributed by atoms with Gasteiger partial charge >= 0.3 is 0 Å². The van der Waals surface area contributed by atoms with E-state index in [-0.39, 0.29) is 23.5 Å². The van der Waals surface area contributed by atoms with Gasteiger partial charge in [-0.15, -0.1) is 0 Å². The molecule has 3 aromatic carbocycles. The fourth-order valence-electron chi connectivity index (χ4n) is 2.98. The van der Waals surface area contributed by atoms with E-state index in [0.29, 0.717) is 28.2 Å². The average Bonchev–Trinajstić information content (AvgIpc) is 3.36. The Hall–Kier alpha value is -4.65. The van der Waals surface area contributed by atoms with Crippen molar-refractivity contribution in [3.05, 3.63) is 114 Å². The maximum absolute atomic E-state index is 12.6. The van der Waals surface area contributed by atoms with E-state index in [2.05, 4.69) is 16.0 Å². The highest BCUT2D eigenvalue weighted by atomic mass is 16.3. The molecule has 32 heavy (non-hydrogen) atoms. The van der Waals surface area contributed by atoms with Crippen LogP contribution in [0.15, 0.2) is 102 Å². The number of nitrogens with one attached hydrogen (secondary N) is 3. The monoisotopic (exact) mass is 425 g/mol. The van der Waals surface area contributed by atoms with Crippen LogP contribution >= 0.6 is 0 Å². The predicted octanol–water partition coefficient (Wildman–Crippen LogP) is 5.04. The lowest BCUT2D eigenvalue weighted by atomic mass is 10.1. The van der Waals surface area contributed by atoms with Gasteiger partial charge in [-0.25, -0.2) is 0 Å². The molecule has 0 spiro atoms. The molecule has 0 saturated carbocycles. The zero-order valence-electron chi connectivity index (χ0n) is 16.9. The molecule has 7 heteroatoms. The highest BCUT2D eigenvalue weighted by Crippen LogP contribution is 2.18.